The SMILES string of the molecule is C=C1c2cccc(OC)c2N=C(N)N1/N=C(\C)CC(=O)N[C@@H]1CCOc2cc(F)ccc21. The van der Waals surface area contributed by atoms with Gasteiger partial charge in [0.25, 0.3) is 0 Å². The van der Waals surface area contributed by atoms with Gasteiger partial charge >= 0.3 is 0 Å². The van der Waals surface area contributed by atoms with Crippen molar-refractivity contribution >= 4 is 29.0 Å². The van der Waals surface area contributed by atoms with E-state index in [0.717, 1.165) is 11.1 Å². The highest BCUT2D eigenvalue weighted by Crippen LogP contribution is 2.39. The number of guanidine groups is 1. The topological polar surface area (TPSA) is 102 Å². The Bertz CT molecular complexity index is 1140. The van der Waals surface area contributed by atoms with E-state index in [1.807, 2.05) is 12.1 Å². The van der Waals surface area contributed by atoms with Crippen molar-refractivity contribution in [1.82, 2.24) is 10.3 Å². The predicted molar refractivity (Wildman–Crippen MR) is 120 cm³/mol. The molecule has 0 unspecified atom stereocenters. The molecular weight excluding hydrogens is 413 g/mol. The van der Waals surface area contributed by atoms with Crippen molar-refractivity contribution in [1.29, 1.82) is 0 Å². The van der Waals surface area contributed by atoms with Gasteiger partial charge in [0.15, 0.2) is 0 Å². The highest BCUT2D eigenvalue weighted by Gasteiger charge is 2.26. The number of carbonyl (C=O) groups is 1. The number of halogens is 1. The summed E-state index contributed by atoms with van der Waals surface area (Å²) in [6, 6.07) is 9.55. The lowest BCUT2D eigenvalue weighted by atomic mass is 10.00. The molecule has 1 amide bonds. The second-order valence-electron chi connectivity index (χ2n) is 7.54. The highest BCUT2D eigenvalue weighted by atomic mass is 19.1. The number of rotatable bonds is 5. The molecule has 32 heavy (non-hydrogen) atoms. The average Bonchev–Trinajstić information content (AvgIpc) is 2.76. The van der Waals surface area contributed by atoms with Gasteiger partial charge in [-0.1, -0.05) is 24.8 Å². The van der Waals surface area contributed by atoms with E-state index in [0.29, 0.717) is 41.6 Å². The van der Waals surface area contributed by atoms with E-state index in [2.05, 4.69) is 22.0 Å². The number of aliphatic imine (C=N–C) groups is 1. The van der Waals surface area contributed by atoms with Crippen LogP contribution in [-0.4, -0.2) is 36.3 Å². The molecule has 2 aromatic carbocycles. The van der Waals surface area contributed by atoms with E-state index in [-0.39, 0.29) is 30.1 Å². The third-order valence-electron chi connectivity index (χ3n) is 5.27. The minimum Gasteiger partial charge on any atom is -0.494 e. The number of benzene rings is 2. The largest absolute Gasteiger partial charge is 0.494 e. The summed E-state index contributed by atoms with van der Waals surface area (Å²) in [5.41, 5.74) is 9.26. The fourth-order valence-electron chi connectivity index (χ4n) is 3.76. The number of hydrogen-bond donors (Lipinski definition) is 2. The molecule has 9 heteroatoms. The van der Waals surface area contributed by atoms with E-state index >= 15 is 0 Å². The molecule has 1 atom stereocenters. The molecule has 8 nitrogen and oxygen atoms in total. The molecule has 2 aromatic rings. The van der Waals surface area contributed by atoms with Crippen molar-refractivity contribution in [2.24, 2.45) is 15.8 Å². The van der Waals surface area contributed by atoms with E-state index in [4.69, 9.17) is 15.2 Å². The summed E-state index contributed by atoms with van der Waals surface area (Å²) < 4.78 is 24.3. The molecule has 2 heterocycles. The predicted octanol–water partition coefficient (Wildman–Crippen LogP) is 3.47. The first-order valence-corrected chi connectivity index (χ1v) is 10.1. The van der Waals surface area contributed by atoms with Crippen LogP contribution in [0.25, 0.3) is 5.70 Å². The van der Waals surface area contributed by atoms with Crippen LogP contribution in [0.3, 0.4) is 0 Å². The number of nitrogens with two attached hydrogens (primary N) is 1. The van der Waals surface area contributed by atoms with Crippen molar-refractivity contribution in [2.45, 2.75) is 25.8 Å². The van der Waals surface area contributed by atoms with Gasteiger partial charge in [0.05, 0.1) is 31.9 Å². The van der Waals surface area contributed by atoms with Crippen LogP contribution >= 0.6 is 0 Å². The van der Waals surface area contributed by atoms with Gasteiger partial charge in [0.2, 0.25) is 11.9 Å². The number of nitrogens with one attached hydrogen (secondary N) is 1. The van der Waals surface area contributed by atoms with Crippen LogP contribution in [0.5, 0.6) is 11.5 Å². The zero-order valence-corrected chi connectivity index (χ0v) is 17.9. The van der Waals surface area contributed by atoms with Crippen LogP contribution in [-0.2, 0) is 4.79 Å². The molecule has 0 bridgehead atoms. The molecule has 0 spiro atoms. The lowest BCUT2D eigenvalue weighted by molar-refractivity contribution is -0.120. The Morgan fingerprint density at radius 3 is 3.03 bits per heavy atom. The fourth-order valence-corrected chi connectivity index (χ4v) is 3.76. The van der Waals surface area contributed by atoms with Gasteiger partial charge < -0.3 is 20.5 Å². The van der Waals surface area contributed by atoms with Crippen LogP contribution in [0, 0.1) is 5.82 Å². The Hall–Kier alpha value is -3.88. The summed E-state index contributed by atoms with van der Waals surface area (Å²) in [5.74, 6) is 0.581. The van der Waals surface area contributed by atoms with Crippen molar-refractivity contribution in [3.8, 4) is 11.5 Å². The number of para-hydroxylation sites is 1. The second-order valence-corrected chi connectivity index (χ2v) is 7.54. The lowest BCUT2D eigenvalue weighted by Crippen LogP contribution is -2.36. The third-order valence-corrected chi connectivity index (χ3v) is 5.27. The standard InChI is InChI=1S/C23H24FN5O3/c1-13(11-21(30)26-18-9-10-32-20-12-15(24)7-8-17(18)20)28-29-14(2)16-5-4-6-19(31-3)22(16)27-23(29)25/h4-8,12,18H,2,9-11H2,1,3H3,(H2,25,27)(H,26,30)/b28-13+/t18-/m1/s1. The Morgan fingerprint density at radius 1 is 1.44 bits per heavy atom. The van der Waals surface area contributed by atoms with Gasteiger partial charge in [-0.2, -0.15) is 5.10 Å². The number of nitrogens with zero attached hydrogens (tertiary/aromatic N) is 3. The van der Waals surface area contributed by atoms with Crippen LogP contribution < -0.4 is 20.5 Å². The first-order valence-electron chi connectivity index (χ1n) is 10.1. The summed E-state index contributed by atoms with van der Waals surface area (Å²) >= 11 is 0. The number of hydrogen-bond acceptors (Lipinski definition) is 7. The van der Waals surface area contributed by atoms with Crippen molar-refractivity contribution < 1.29 is 18.7 Å². The molecule has 2 aliphatic rings. The molecule has 0 aromatic heterocycles. The quantitative estimate of drug-likeness (QED) is 0.698. The number of amides is 1. The molecule has 0 aliphatic carbocycles. The van der Waals surface area contributed by atoms with Crippen LogP contribution in [0.15, 0.2) is 53.1 Å². The van der Waals surface area contributed by atoms with Crippen LogP contribution in [0.1, 0.15) is 36.9 Å². The van der Waals surface area contributed by atoms with Crippen molar-refractivity contribution in [3.05, 3.63) is 59.9 Å². The number of methoxy groups -OCH3 is 1. The highest BCUT2D eigenvalue weighted by molar-refractivity contribution is 6.02. The van der Waals surface area contributed by atoms with Gasteiger partial charge in [0.1, 0.15) is 23.0 Å². The Kier molecular flexibility index (Phi) is 5.81. The zero-order chi connectivity index (χ0) is 22.8. The minimum atomic E-state index is -0.376. The van der Waals surface area contributed by atoms with E-state index < -0.39 is 0 Å². The van der Waals surface area contributed by atoms with Gasteiger partial charge in [-0.3, -0.25) is 4.79 Å². The van der Waals surface area contributed by atoms with Crippen LogP contribution in [0.4, 0.5) is 10.1 Å². The molecule has 166 valence electrons. The maximum Gasteiger partial charge on any atom is 0.226 e. The molecular formula is C23H24FN5O3. The monoisotopic (exact) mass is 437 g/mol. The normalized spacial score (nSPS) is 17.7. The Morgan fingerprint density at radius 2 is 2.25 bits per heavy atom. The smallest absolute Gasteiger partial charge is 0.226 e. The number of carbonyl (C=O) groups excluding carboxylic acids is 1. The maximum absolute atomic E-state index is 13.5. The van der Waals surface area contributed by atoms with E-state index in [1.54, 1.807) is 26.2 Å². The van der Waals surface area contributed by atoms with Crippen molar-refractivity contribution in [2.75, 3.05) is 13.7 Å². The van der Waals surface area contributed by atoms with Gasteiger partial charge in [0, 0.05) is 29.3 Å². The minimum absolute atomic E-state index is 0.0515. The zero-order valence-electron chi connectivity index (χ0n) is 17.9. The first-order chi connectivity index (χ1) is 15.4. The van der Waals surface area contributed by atoms with E-state index in [1.165, 1.54) is 17.1 Å². The molecule has 0 saturated carbocycles. The second kappa shape index (κ2) is 8.70. The Balaban J connectivity index is 1.47. The lowest BCUT2D eigenvalue weighted by Gasteiger charge is -2.28. The molecule has 2 aliphatic heterocycles. The molecule has 3 N–H and O–H groups in total. The van der Waals surface area contributed by atoms with Crippen molar-refractivity contribution in [3.63, 3.8) is 0 Å². The number of fused-ring (bicyclic) bond motifs is 2. The third kappa shape index (κ3) is 4.14. The molecule has 0 saturated heterocycles. The number of hydrazone groups is 1. The summed E-state index contributed by atoms with van der Waals surface area (Å²) in [4.78, 5) is 17.0. The summed E-state index contributed by atoms with van der Waals surface area (Å²) in [5, 5.41) is 8.85. The molecule has 0 radical (unpaired) electrons. The van der Waals surface area contributed by atoms with Gasteiger partial charge in [-0.25, -0.2) is 14.4 Å². The van der Waals surface area contributed by atoms with Crippen LogP contribution in [0.2, 0.25) is 0 Å². The Labute approximate surface area is 185 Å². The summed E-state index contributed by atoms with van der Waals surface area (Å²) in [6.45, 7) is 6.21. The van der Waals surface area contributed by atoms with Gasteiger partial charge in [-0.05, 0) is 19.1 Å². The summed E-state index contributed by atoms with van der Waals surface area (Å²) in [7, 11) is 1.56. The first kappa shape index (κ1) is 21.4. The average molecular weight is 437 g/mol. The molecule has 4 rings (SSSR count). The summed E-state index contributed by atoms with van der Waals surface area (Å²) in [6.07, 6.45) is 0.650. The fraction of sp³-hybridized carbons (Fsp3) is 0.261. The maximum atomic E-state index is 13.5. The number of ether oxygens (including phenoxy) is 2. The van der Waals surface area contributed by atoms with Gasteiger partial charge in [-0.15, -0.1) is 0 Å². The van der Waals surface area contributed by atoms with E-state index in [9.17, 15) is 9.18 Å². The molecule has 0 fully saturated rings.